The molecule has 1 aromatic heterocycles. The van der Waals surface area contributed by atoms with E-state index < -0.39 is 0 Å². The lowest BCUT2D eigenvalue weighted by Gasteiger charge is -2.33. The molecule has 0 bridgehead atoms. The predicted octanol–water partition coefficient (Wildman–Crippen LogP) is 5.61. The van der Waals surface area contributed by atoms with E-state index in [1.807, 2.05) is 23.1 Å². The van der Waals surface area contributed by atoms with Crippen molar-refractivity contribution < 1.29 is 9.53 Å². The molecular formula is C25H31N3O2. The molecule has 1 N–H and O–H groups in total. The number of ether oxygens (including phenoxy) is 1. The van der Waals surface area contributed by atoms with Crippen LogP contribution in [-0.2, 0) is 0 Å². The number of nitrogens with zero attached hydrogens (tertiary/aromatic N) is 2. The second kappa shape index (κ2) is 9.79. The Morgan fingerprint density at radius 1 is 1.27 bits per heavy atom. The number of aromatic nitrogens is 1. The Hall–Kier alpha value is -2.82. The van der Waals surface area contributed by atoms with E-state index in [1.54, 1.807) is 12.4 Å². The molecule has 1 aromatic carbocycles. The predicted molar refractivity (Wildman–Crippen MR) is 120 cm³/mol. The molecule has 2 amide bonds. The monoisotopic (exact) mass is 405 g/mol. The van der Waals surface area contributed by atoms with Gasteiger partial charge in [0.25, 0.3) is 0 Å². The molecule has 2 aliphatic rings. The van der Waals surface area contributed by atoms with E-state index in [-0.39, 0.29) is 6.03 Å². The number of nitrogens with one attached hydrogen (secondary N) is 1. The number of pyridine rings is 1. The van der Waals surface area contributed by atoms with Gasteiger partial charge in [0.2, 0.25) is 0 Å². The molecule has 2 heterocycles. The zero-order valence-corrected chi connectivity index (χ0v) is 17.7. The number of carbonyl (C=O) groups excluding carboxylic acids is 1. The van der Waals surface area contributed by atoms with Crippen LogP contribution in [-0.4, -0.2) is 35.6 Å². The maximum atomic E-state index is 12.6. The summed E-state index contributed by atoms with van der Waals surface area (Å²) in [6, 6.07) is 12.0. The van der Waals surface area contributed by atoms with Crippen LogP contribution < -0.4 is 10.1 Å². The lowest BCUT2D eigenvalue weighted by Crippen LogP contribution is -2.42. The molecule has 30 heavy (non-hydrogen) atoms. The highest BCUT2D eigenvalue weighted by molar-refractivity contribution is 5.89. The zero-order valence-electron chi connectivity index (χ0n) is 17.7. The number of piperidine rings is 1. The van der Waals surface area contributed by atoms with Gasteiger partial charge in [0, 0.05) is 19.3 Å². The van der Waals surface area contributed by atoms with Crippen LogP contribution in [0.4, 0.5) is 10.5 Å². The van der Waals surface area contributed by atoms with Crippen LogP contribution in [0.15, 0.2) is 54.4 Å². The Bertz CT molecular complexity index is 875. The van der Waals surface area contributed by atoms with Crippen LogP contribution in [0.5, 0.6) is 5.75 Å². The largest absolute Gasteiger partial charge is 0.493 e. The smallest absolute Gasteiger partial charge is 0.321 e. The van der Waals surface area contributed by atoms with E-state index >= 15 is 0 Å². The summed E-state index contributed by atoms with van der Waals surface area (Å²) in [5.41, 5.74) is 3.29. The number of benzene rings is 1. The van der Waals surface area contributed by atoms with E-state index in [0.29, 0.717) is 11.8 Å². The zero-order chi connectivity index (χ0) is 20.8. The van der Waals surface area contributed by atoms with E-state index in [4.69, 9.17) is 4.74 Å². The number of rotatable bonds is 5. The molecule has 4 rings (SSSR count). The van der Waals surface area contributed by atoms with Crippen LogP contribution in [0.25, 0.3) is 6.08 Å². The van der Waals surface area contributed by atoms with Crippen molar-refractivity contribution in [1.82, 2.24) is 9.88 Å². The maximum Gasteiger partial charge on any atom is 0.321 e. The summed E-state index contributed by atoms with van der Waals surface area (Å²) in [6.07, 6.45) is 11.8. The van der Waals surface area contributed by atoms with Gasteiger partial charge in [-0.2, -0.15) is 0 Å². The maximum absolute atomic E-state index is 12.6. The van der Waals surface area contributed by atoms with Crippen LogP contribution in [0.3, 0.4) is 0 Å². The lowest BCUT2D eigenvalue weighted by atomic mass is 9.91. The quantitative estimate of drug-likeness (QED) is 0.704. The summed E-state index contributed by atoms with van der Waals surface area (Å²) in [6.45, 7) is 4.46. The molecule has 2 fully saturated rings. The summed E-state index contributed by atoms with van der Waals surface area (Å²) >= 11 is 0. The van der Waals surface area contributed by atoms with E-state index in [0.717, 1.165) is 37.6 Å². The van der Waals surface area contributed by atoms with Crippen LogP contribution in [0, 0.1) is 11.8 Å². The number of likely N-dealkylation sites (tertiary alicyclic amines) is 1. The fourth-order valence-corrected chi connectivity index (χ4v) is 4.39. The standard InChI is InChI=1S/C25H31N3O2/c1-19-17-28(25(29)27-23-9-5-12-26-16-23)13-11-22(19)14-21-8-4-10-24(15-21)30-18-20-6-2-3-7-20/h4-5,8-10,12,14-16,19-20H,2-3,6-7,11,13,17-18H2,1H3,(H,27,29). The molecule has 5 heteroatoms. The Kier molecular flexibility index (Phi) is 6.67. The Balaban J connectivity index is 1.33. The first-order valence-electron chi connectivity index (χ1n) is 11.1. The van der Waals surface area contributed by atoms with Gasteiger partial charge in [-0.05, 0) is 60.9 Å². The van der Waals surface area contributed by atoms with Crippen LogP contribution in [0.2, 0.25) is 0 Å². The van der Waals surface area contributed by atoms with Gasteiger partial charge < -0.3 is 15.0 Å². The third-order valence-electron chi connectivity index (χ3n) is 6.17. The second-order valence-corrected chi connectivity index (χ2v) is 8.52. The van der Waals surface area contributed by atoms with Gasteiger partial charge in [-0.3, -0.25) is 4.98 Å². The molecule has 1 unspecified atom stereocenters. The highest BCUT2D eigenvalue weighted by Gasteiger charge is 2.24. The van der Waals surface area contributed by atoms with E-state index in [2.05, 4.69) is 41.5 Å². The average molecular weight is 406 g/mol. The van der Waals surface area contributed by atoms with Gasteiger partial charge in [0.15, 0.2) is 0 Å². The second-order valence-electron chi connectivity index (χ2n) is 8.52. The molecule has 158 valence electrons. The summed E-state index contributed by atoms with van der Waals surface area (Å²) in [5, 5.41) is 2.93. The first-order valence-corrected chi connectivity index (χ1v) is 11.1. The average Bonchev–Trinajstić information content (AvgIpc) is 3.28. The lowest BCUT2D eigenvalue weighted by molar-refractivity contribution is 0.198. The van der Waals surface area contributed by atoms with Crippen molar-refractivity contribution in [2.75, 3.05) is 25.0 Å². The van der Waals surface area contributed by atoms with Crippen molar-refractivity contribution >= 4 is 17.8 Å². The van der Waals surface area contributed by atoms with E-state index in [1.165, 1.54) is 36.8 Å². The van der Waals surface area contributed by atoms with Crippen molar-refractivity contribution in [2.45, 2.75) is 39.0 Å². The molecule has 1 aliphatic heterocycles. The third kappa shape index (κ3) is 5.41. The number of anilines is 1. The highest BCUT2D eigenvalue weighted by Crippen LogP contribution is 2.28. The molecule has 1 atom stereocenters. The van der Waals surface area contributed by atoms with Gasteiger partial charge in [0.1, 0.15) is 5.75 Å². The molecule has 1 aliphatic carbocycles. The molecule has 2 aromatic rings. The van der Waals surface area contributed by atoms with Crippen molar-refractivity contribution in [3.05, 3.63) is 59.9 Å². The summed E-state index contributed by atoms with van der Waals surface area (Å²) in [4.78, 5) is 18.5. The Morgan fingerprint density at radius 3 is 2.90 bits per heavy atom. The highest BCUT2D eigenvalue weighted by atomic mass is 16.5. The first kappa shape index (κ1) is 20.5. The number of hydrogen-bond donors (Lipinski definition) is 1. The van der Waals surface area contributed by atoms with Gasteiger partial charge in [-0.1, -0.05) is 43.5 Å². The van der Waals surface area contributed by atoms with Gasteiger partial charge in [-0.25, -0.2) is 4.79 Å². The minimum atomic E-state index is -0.0591. The summed E-state index contributed by atoms with van der Waals surface area (Å²) < 4.78 is 6.06. The number of amides is 2. The van der Waals surface area contributed by atoms with Crippen LogP contribution in [0.1, 0.15) is 44.6 Å². The Morgan fingerprint density at radius 2 is 2.13 bits per heavy atom. The van der Waals surface area contributed by atoms with E-state index in [9.17, 15) is 4.79 Å². The van der Waals surface area contributed by atoms with Crippen molar-refractivity contribution in [3.63, 3.8) is 0 Å². The Labute approximate surface area is 179 Å². The van der Waals surface area contributed by atoms with Crippen molar-refractivity contribution in [3.8, 4) is 5.75 Å². The topological polar surface area (TPSA) is 54.5 Å². The normalized spacial score (nSPS) is 21.0. The fraction of sp³-hybridized carbons (Fsp3) is 0.440. The van der Waals surface area contributed by atoms with Gasteiger partial charge >= 0.3 is 6.03 Å². The van der Waals surface area contributed by atoms with Gasteiger partial charge in [-0.15, -0.1) is 0 Å². The van der Waals surface area contributed by atoms with Crippen molar-refractivity contribution in [2.24, 2.45) is 11.8 Å². The molecule has 0 spiro atoms. The SMILES string of the molecule is CC1CN(C(=O)Nc2cccnc2)CCC1=Cc1cccc(OCC2CCCC2)c1. The minimum Gasteiger partial charge on any atom is -0.493 e. The summed E-state index contributed by atoms with van der Waals surface area (Å²) in [7, 11) is 0. The molecule has 0 radical (unpaired) electrons. The van der Waals surface area contributed by atoms with Crippen molar-refractivity contribution in [1.29, 1.82) is 0 Å². The number of hydrogen-bond acceptors (Lipinski definition) is 3. The first-order chi connectivity index (χ1) is 14.7. The molecule has 1 saturated heterocycles. The fourth-order valence-electron chi connectivity index (χ4n) is 4.39. The summed E-state index contributed by atoms with van der Waals surface area (Å²) in [5.74, 6) is 1.99. The van der Waals surface area contributed by atoms with Gasteiger partial charge in [0.05, 0.1) is 18.5 Å². The molecule has 1 saturated carbocycles. The number of carbonyl (C=O) groups is 1. The molecular weight excluding hydrogens is 374 g/mol. The third-order valence-corrected chi connectivity index (χ3v) is 6.17. The van der Waals surface area contributed by atoms with Crippen LogP contribution >= 0.6 is 0 Å². The minimum absolute atomic E-state index is 0.0591. The molecule has 5 nitrogen and oxygen atoms in total. The number of urea groups is 1.